The largest absolute Gasteiger partial charge is 0.324 e. The van der Waals surface area contributed by atoms with Crippen LogP contribution in [0.1, 0.15) is 17.2 Å². The Bertz CT molecular complexity index is 497. The van der Waals surface area contributed by atoms with E-state index in [1.54, 1.807) is 0 Å². The van der Waals surface area contributed by atoms with Gasteiger partial charge in [-0.25, -0.2) is 8.78 Å². The smallest absolute Gasteiger partial charge is 0.163 e. The molecule has 0 aliphatic heterocycles. The number of benzene rings is 2. The summed E-state index contributed by atoms with van der Waals surface area (Å²) in [6.07, 6.45) is 0.487. The maximum absolute atomic E-state index is 13.5. The number of rotatable bonds is 3. The van der Waals surface area contributed by atoms with Gasteiger partial charge in [0.2, 0.25) is 0 Å². The highest BCUT2D eigenvalue weighted by Crippen LogP contribution is 2.20. The van der Waals surface area contributed by atoms with Crippen LogP contribution in [0.15, 0.2) is 48.5 Å². The molecule has 2 rings (SSSR count). The van der Waals surface area contributed by atoms with Gasteiger partial charge in [-0.05, 0) is 18.1 Å². The van der Waals surface area contributed by atoms with E-state index in [4.69, 9.17) is 5.73 Å². The maximum Gasteiger partial charge on any atom is 0.163 e. The number of halogens is 2. The standard InChI is InChI=1S/C14H13F2N/c15-12-8-4-7-11(14(12)16)13(17)9-10-5-2-1-3-6-10/h1-8,13H,9,17H2. The van der Waals surface area contributed by atoms with E-state index >= 15 is 0 Å². The second-order valence-corrected chi connectivity index (χ2v) is 3.94. The second kappa shape index (κ2) is 5.06. The molecule has 0 bridgehead atoms. The van der Waals surface area contributed by atoms with Crippen molar-refractivity contribution in [3.63, 3.8) is 0 Å². The molecule has 0 amide bonds. The molecule has 0 aliphatic carbocycles. The minimum Gasteiger partial charge on any atom is -0.324 e. The number of nitrogens with two attached hydrogens (primary N) is 1. The third kappa shape index (κ3) is 2.68. The van der Waals surface area contributed by atoms with Crippen molar-refractivity contribution in [3.05, 3.63) is 71.3 Å². The van der Waals surface area contributed by atoms with Crippen molar-refractivity contribution in [2.45, 2.75) is 12.5 Å². The molecule has 0 saturated heterocycles. The molecule has 1 nitrogen and oxygen atoms in total. The topological polar surface area (TPSA) is 26.0 Å². The first-order valence-corrected chi connectivity index (χ1v) is 5.42. The molecule has 0 fully saturated rings. The number of hydrogen-bond donors (Lipinski definition) is 1. The summed E-state index contributed by atoms with van der Waals surface area (Å²) in [6.45, 7) is 0. The van der Waals surface area contributed by atoms with E-state index in [9.17, 15) is 8.78 Å². The van der Waals surface area contributed by atoms with Crippen LogP contribution in [0, 0.1) is 11.6 Å². The SMILES string of the molecule is NC(Cc1ccccc1)c1cccc(F)c1F. The molecular formula is C14H13F2N. The Labute approximate surface area is 98.9 Å². The van der Waals surface area contributed by atoms with Gasteiger partial charge in [-0.15, -0.1) is 0 Å². The highest BCUT2D eigenvalue weighted by Gasteiger charge is 2.14. The number of hydrogen-bond acceptors (Lipinski definition) is 1. The molecule has 0 aliphatic rings. The summed E-state index contributed by atoms with van der Waals surface area (Å²) < 4.78 is 26.5. The van der Waals surface area contributed by atoms with Gasteiger partial charge >= 0.3 is 0 Å². The van der Waals surface area contributed by atoms with Gasteiger partial charge in [0, 0.05) is 11.6 Å². The van der Waals surface area contributed by atoms with Crippen molar-refractivity contribution in [1.82, 2.24) is 0 Å². The average Bonchev–Trinajstić information content (AvgIpc) is 2.34. The first-order valence-electron chi connectivity index (χ1n) is 5.42. The lowest BCUT2D eigenvalue weighted by Crippen LogP contribution is -2.15. The van der Waals surface area contributed by atoms with Crippen molar-refractivity contribution in [3.8, 4) is 0 Å². The Morgan fingerprint density at radius 3 is 2.35 bits per heavy atom. The quantitative estimate of drug-likeness (QED) is 0.865. The normalized spacial score (nSPS) is 12.4. The fourth-order valence-corrected chi connectivity index (χ4v) is 1.78. The molecule has 2 N–H and O–H groups in total. The predicted octanol–water partition coefficient (Wildman–Crippen LogP) is 3.21. The fraction of sp³-hybridized carbons (Fsp3) is 0.143. The van der Waals surface area contributed by atoms with E-state index in [-0.39, 0.29) is 5.56 Å². The monoisotopic (exact) mass is 233 g/mol. The molecule has 0 spiro atoms. The molecule has 2 aromatic carbocycles. The Hall–Kier alpha value is -1.74. The molecule has 0 radical (unpaired) electrons. The molecule has 0 saturated carbocycles. The highest BCUT2D eigenvalue weighted by atomic mass is 19.2. The van der Waals surface area contributed by atoms with Crippen LogP contribution in [0.2, 0.25) is 0 Å². The van der Waals surface area contributed by atoms with E-state index in [2.05, 4.69) is 0 Å². The minimum absolute atomic E-state index is 0.217. The highest BCUT2D eigenvalue weighted by molar-refractivity contribution is 5.25. The van der Waals surface area contributed by atoms with Gasteiger partial charge < -0.3 is 5.73 Å². The predicted molar refractivity (Wildman–Crippen MR) is 63.4 cm³/mol. The van der Waals surface area contributed by atoms with E-state index in [0.717, 1.165) is 11.6 Å². The summed E-state index contributed by atoms with van der Waals surface area (Å²) in [7, 11) is 0. The van der Waals surface area contributed by atoms with Gasteiger partial charge in [-0.3, -0.25) is 0 Å². The van der Waals surface area contributed by atoms with Crippen molar-refractivity contribution in [1.29, 1.82) is 0 Å². The van der Waals surface area contributed by atoms with Crippen LogP contribution in [0.4, 0.5) is 8.78 Å². The van der Waals surface area contributed by atoms with Crippen molar-refractivity contribution in [2.75, 3.05) is 0 Å². The minimum atomic E-state index is -0.856. The lowest BCUT2D eigenvalue weighted by Gasteiger charge is -2.13. The molecule has 0 heterocycles. The van der Waals surface area contributed by atoms with E-state index < -0.39 is 17.7 Å². The lowest BCUT2D eigenvalue weighted by atomic mass is 9.99. The molecule has 3 heteroatoms. The van der Waals surface area contributed by atoms with Crippen LogP contribution < -0.4 is 5.73 Å². The summed E-state index contributed by atoms with van der Waals surface area (Å²) in [4.78, 5) is 0. The Morgan fingerprint density at radius 1 is 0.941 bits per heavy atom. The Morgan fingerprint density at radius 2 is 1.65 bits per heavy atom. The zero-order chi connectivity index (χ0) is 12.3. The fourth-order valence-electron chi connectivity index (χ4n) is 1.78. The van der Waals surface area contributed by atoms with Crippen molar-refractivity contribution in [2.24, 2.45) is 5.73 Å². The second-order valence-electron chi connectivity index (χ2n) is 3.94. The molecule has 2 aromatic rings. The molecule has 1 atom stereocenters. The first kappa shape index (κ1) is 11.7. The van der Waals surface area contributed by atoms with Crippen molar-refractivity contribution >= 4 is 0 Å². The van der Waals surface area contributed by atoms with Crippen LogP contribution in [-0.2, 0) is 6.42 Å². The Balaban J connectivity index is 2.20. The molecular weight excluding hydrogens is 220 g/mol. The van der Waals surface area contributed by atoms with Gasteiger partial charge in [0.25, 0.3) is 0 Å². The molecule has 88 valence electrons. The van der Waals surface area contributed by atoms with E-state index in [1.165, 1.54) is 12.1 Å². The van der Waals surface area contributed by atoms with Gasteiger partial charge in [-0.1, -0.05) is 42.5 Å². The van der Waals surface area contributed by atoms with E-state index in [0.29, 0.717) is 6.42 Å². The summed E-state index contributed by atoms with van der Waals surface area (Å²) >= 11 is 0. The van der Waals surface area contributed by atoms with E-state index in [1.807, 2.05) is 30.3 Å². The van der Waals surface area contributed by atoms with Crippen LogP contribution in [0.3, 0.4) is 0 Å². The summed E-state index contributed by atoms with van der Waals surface area (Å²) in [5.41, 5.74) is 7.11. The molecule has 17 heavy (non-hydrogen) atoms. The maximum atomic E-state index is 13.5. The van der Waals surface area contributed by atoms with Crippen LogP contribution in [0.5, 0.6) is 0 Å². The van der Waals surface area contributed by atoms with Crippen molar-refractivity contribution < 1.29 is 8.78 Å². The molecule has 1 unspecified atom stereocenters. The van der Waals surface area contributed by atoms with Gasteiger partial charge in [-0.2, -0.15) is 0 Å². The zero-order valence-electron chi connectivity index (χ0n) is 9.24. The summed E-state index contributed by atoms with van der Waals surface area (Å²) in [5.74, 6) is -1.71. The molecule has 0 aromatic heterocycles. The van der Waals surface area contributed by atoms with Crippen LogP contribution in [0.25, 0.3) is 0 Å². The van der Waals surface area contributed by atoms with Gasteiger partial charge in [0.1, 0.15) is 0 Å². The lowest BCUT2D eigenvalue weighted by molar-refractivity contribution is 0.488. The summed E-state index contributed by atoms with van der Waals surface area (Å²) in [6, 6.07) is 13.1. The van der Waals surface area contributed by atoms with Crippen LogP contribution in [-0.4, -0.2) is 0 Å². The third-order valence-corrected chi connectivity index (χ3v) is 2.68. The van der Waals surface area contributed by atoms with Gasteiger partial charge in [0.05, 0.1) is 0 Å². The third-order valence-electron chi connectivity index (χ3n) is 2.68. The first-order chi connectivity index (χ1) is 8.18. The Kier molecular flexibility index (Phi) is 3.49. The van der Waals surface area contributed by atoms with Crippen LogP contribution >= 0.6 is 0 Å². The van der Waals surface area contributed by atoms with Gasteiger partial charge in [0.15, 0.2) is 11.6 Å². The average molecular weight is 233 g/mol. The summed E-state index contributed by atoms with van der Waals surface area (Å²) in [5, 5.41) is 0. The zero-order valence-corrected chi connectivity index (χ0v) is 9.24.